The van der Waals surface area contributed by atoms with Crippen molar-refractivity contribution in [3.8, 4) is 5.75 Å². The van der Waals surface area contributed by atoms with Crippen LogP contribution in [0.25, 0.3) is 0 Å². The van der Waals surface area contributed by atoms with Crippen LogP contribution in [0, 0.1) is 11.6 Å². The van der Waals surface area contributed by atoms with E-state index in [1.165, 1.54) is 6.07 Å². The van der Waals surface area contributed by atoms with Gasteiger partial charge in [-0.15, -0.1) is 0 Å². The van der Waals surface area contributed by atoms with Gasteiger partial charge in [0, 0.05) is 5.54 Å². The summed E-state index contributed by atoms with van der Waals surface area (Å²) in [6, 6.07) is 9.28. The molecular formula is C23H33BF2NOP. The summed E-state index contributed by atoms with van der Waals surface area (Å²) < 4.78 is 34.1. The molecule has 0 aromatic heterocycles. The Kier molecular flexibility index (Phi) is 10.1. The third-order valence-electron chi connectivity index (χ3n) is 4.46. The van der Waals surface area contributed by atoms with Crippen molar-refractivity contribution in [2.75, 3.05) is 18.1 Å². The van der Waals surface area contributed by atoms with Crippen LogP contribution in [0.1, 0.15) is 52.7 Å². The number of nitrogens with one attached hydrogen (secondary N) is 1. The summed E-state index contributed by atoms with van der Waals surface area (Å²) in [7, 11) is 5.11. The Balaban J connectivity index is 0.00000204. The summed E-state index contributed by atoms with van der Waals surface area (Å²) in [5, 5.41) is 3.23. The Labute approximate surface area is 177 Å². The molecule has 0 spiro atoms. The van der Waals surface area contributed by atoms with Crippen molar-refractivity contribution >= 4 is 27.1 Å². The number of rotatable bonds is 8. The molecule has 2 nitrogen and oxygen atoms in total. The van der Waals surface area contributed by atoms with Crippen molar-refractivity contribution in [1.29, 1.82) is 0 Å². The van der Waals surface area contributed by atoms with Crippen LogP contribution in [0.2, 0.25) is 0 Å². The predicted molar refractivity (Wildman–Crippen MR) is 124 cm³/mol. The van der Waals surface area contributed by atoms with Crippen molar-refractivity contribution in [1.82, 2.24) is 0 Å². The normalized spacial score (nSPS) is 12.0. The fourth-order valence-corrected chi connectivity index (χ4v) is 3.51. The average molecular weight is 419 g/mol. The maximum Gasteiger partial charge on any atom is 0.142 e. The first-order valence-electron chi connectivity index (χ1n) is 10.2. The lowest BCUT2D eigenvalue weighted by Gasteiger charge is -2.30. The molecule has 2 radical (unpaired) electrons. The summed E-state index contributed by atoms with van der Waals surface area (Å²) >= 11 is 0. The molecule has 0 fully saturated rings. The van der Waals surface area contributed by atoms with E-state index in [1.54, 1.807) is 0 Å². The lowest BCUT2D eigenvalue weighted by Crippen LogP contribution is -2.35. The van der Waals surface area contributed by atoms with Gasteiger partial charge < -0.3 is 9.84 Å². The predicted octanol–water partition coefficient (Wildman–Crippen LogP) is 6.21. The first-order chi connectivity index (χ1) is 13.7. The molecule has 2 aromatic rings. The molecule has 0 aliphatic carbocycles. The zero-order chi connectivity index (χ0) is 22.2. The third-order valence-corrected chi connectivity index (χ3v) is 5.87. The van der Waals surface area contributed by atoms with Crippen molar-refractivity contribution in [2.45, 2.75) is 59.9 Å². The molecule has 2 rings (SSSR count). The number of hydrogen-bond acceptors (Lipinski definition) is 2. The van der Waals surface area contributed by atoms with E-state index < -0.39 is 30.8 Å². The van der Waals surface area contributed by atoms with Gasteiger partial charge in [-0.25, -0.2) is 8.78 Å². The Morgan fingerprint density at radius 2 is 1.69 bits per heavy atom. The van der Waals surface area contributed by atoms with E-state index in [-0.39, 0.29) is 5.69 Å². The summed E-state index contributed by atoms with van der Waals surface area (Å²) in [6.07, 6.45) is 2.19. The van der Waals surface area contributed by atoms with E-state index in [0.29, 0.717) is 18.4 Å². The fraction of sp³-hybridized carbons (Fsp3) is 0.478. The van der Waals surface area contributed by atoms with E-state index >= 15 is 0 Å². The maximum atomic E-state index is 14.5. The van der Waals surface area contributed by atoms with Gasteiger partial charge in [-0.1, -0.05) is 39.8 Å². The van der Waals surface area contributed by atoms with Gasteiger partial charge in [0.25, 0.3) is 0 Å². The molecule has 1 unspecified atom stereocenters. The van der Waals surface area contributed by atoms with Crippen LogP contribution >= 0.6 is 8.15 Å². The minimum atomic E-state index is -0.723. The highest BCUT2D eigenvalue weighted by Gasteiger charge is 2.23. The zero-order valence-electron chi connectivity index (χ0n) is 18.7. The molecule has 1 N–H and O–H groups in total. The van der Waals surface area contributed by atoms with Crippen molar-refractivity contribution in [2.24, 2.45) is 0 Å². The van der Waals surface area contributed by atoms with Gasteiger partial charge >= 0.3 is 0 Å². The SMILES string of the molecule is CC.[B]c1c(F)cc(CC)c(NC(C)(C)Cc2ccc(OP(C)CC)cc2)c1F. The van der Waals surface area contributed by atoms with Crippen LogP contribution in [-0.2, 0) is 12.8 Å². The lowest BCUT2D eigenvalue weighted by molar-refractivity contribution is 0.546. The van der Waals surface area contributed by atoms with Crippen molar-refractivity contribution in [3.05, 3.63) is 53.1 Å². The quantitative estimate of drug-likeness (QED) is 0.406. The van der Waals surface area contributed by atoms with Crippen LogP contribution in [0.5, 0.6) is 5.75 Å². The first-order valence-corrected chi connectivity index (χ1v) is 12.1. The van der Waals surface area contributed by atoms with Gasteiger partial charge in [0.15, 0.2) is 0 Å². The average Bonchev–Trinajstić information content (AvgIpc) is 2.70. The highest BCUT2D eigenvalue weighted by molar-refractivity contribution is 7.52. The zero-order valence-corrected chi connectivity index (χ0v) is 19.6. The molecule has 0 heterocycles. The molecule has 0 amide bonds. The molecule has 0 bridgehead atoms. The monoisotopic (exact) mass is 419 g/mol. The smallest absolute Gasteiger partial charge is 0.142 e. The second-order valence-corrected chi connectivity index (χ2v) is 9.41. The summed E-state index contributed by atoms with van der Waals surface area (Å²) in [6.45, 7) is 14.0. The highest BCUT2D eigenvalue weighted by atomic mass is 31.1. The minimum Gasteiger partial charge on any atom is -0.474 e. The summed E-state index contributed by atoms with van der Waals surface area (Å²) in [4.78, 5) is 0. The Hall–Kier alpha value is -1.61. The van der Waals surface area contributed by atoms with Crippen molar-refractivity contribution < 1.29 is 13.3 Å². The van der Waals surface area contributed by atoms with E-state index in [9.17, 15) is 8.78 Å². The number of aryl methyl sites for hydroxylation is 1. The molecule has 158 valence electrons. The van der Waals surface area contributed by atoms with Crippen LogP contribution in [-0.4, -0.2) is 26.2 Å². The van der Waals surface area contributed by atoms with E-state index in [4.69, 9.17) is 12.4 Å². The third kappa shape index (κ3) is 7.30. The van der Waals surface area contributed by atoms with E-state index in [1.807, 2.05) is 58.9 Å². The van der Waals surface area contributed by atoms with Crippen LogP contribution in [0.4, 0.5) is 14.5 Å². The van der Waals surface area contributed by atoms with Gasteiger partial charge in [-0.2, -0.15) is 0 Å². The first kappa shape index (κ1) is 25.4. The molecule has 0 saturated heterocycles. The van der Waals surface area contributed by atoms with Gasteiger partial charge in [0.1, 0.15) is 25.2 Å². The number of anilines is 1. The van der Waals surface area contributed by atoms with Gasteiger partial charge in [0.2, 0.25) is 0 Å². The summed E-state index contributed by atoms with van der Waals surface area (Å²) in [5.41, 5.74) is 1.06. The van der Waals surface area contributed by atoms with E-state index in [2.05, 4.69) is 18.9 Å². The van der Waals surface area contributed by atoms with Crippen LogP contribution in [0.3, 0.4) is 0 Å². The maximum absolute atomic E-state index is 14.5. The molecular weight excluding hydrogens is 386 g/mol. The van der Waals surface area contributed by atoms with Crippen molar-refractivity contribution in [3.63, 3.8) is 0 Å². The molecule has 0 saturated carbocycles. The van der Waals surface area contributed by atoms with Gasteiger partial charge in [0.05, 0.1) is 13.8 Å². The number of halogens is 2. The Morgan fingerprint density at radius 3 is 2.21 bits per heavy atom. The molecule has 6 heteroatoms. The second-order valence-electron chi connectivity index (χ2n) is 7.34. The Morgan fingerprint density at radius 1 is 1.10 bits per heavy atom. The van der Waals surface area contributed by atoms with Crippen LogP contribution < -0.4 is 15.3 Å². The number of benzene rings is 2. The summed E-state index contributed by atoms with van der Waals surface area (Å²) in [5.74, 6) is -0.573. The standard InChI is InChI=1S/C21H27BF2NOP.C2H6/c1-6-15-12-17(23)18(22)19(24)20(15)25-21(3,4)13-14-8-10-16(11-9-14)26-27(5)7-2;1-2/h8-12,25H,6-7,13H2,1-5H3;1-2H3. The van der Waals surface area contributed by atoms with Crippen LogP contribution in [0.15, 0.2) is 30.3 Å². The second kappa shape index (κ2) is 11.5. The fourth-order valence-electron chi connectivity index (χ4n) is 2.90. The molecule has 29 heavy (non-hydrogen) atoms. The lowest BCUT2D eigenvalue weighted by atomic mass is 9.89. The largest absolute Gasteiger partial charge is 0.474 e. The molecule has 1 atom stereocenters. The molecule has 2 aromatic carbocycles. The van der Waals surface area contributed by atoms with Gasteiger partial charge in [-0.05, 0) is 74.3 Å². The number of hydrogen-bond donors (Lipinski definition) is 1. The minimum absolute atomic E-state index is 0.279. The molecule has 0 aliphatic heterocycles. The molecule has 0 aliphatic rings. The topological polar surface area (TPSA) is 21.3 Å². The Bertz CT molecular complexity index is 781. The van der Waals surface area contributed by atoms with Gasteiger partial charge in [-0.3, -0.25) is 0 Å². The highest BCUT2D eigenvalue weighted by Crippen LogP contribution is 2.34. The van der Waals surface area contributed by atoms with E-state index in [0.717, 1.165) is 17.5 Å².